The second-order valence-corrected chi connectivity index (χ2v) is 5.21. The molecular weight excluding hydrogens is 342 g/mol. The molecule has 2 aromatic rings. The fourth-order valence-corrected chi connectivity index (χ4v) is 2.20. The van der Waals surface area contributed by atoms with E-state index in [1.54, 1.807) is 12.1 Å². The average molecular weight is 357 g/mol. The van der Waals surface area contributed by atoms with Gasteiger partial charge in [0.2, 0.25) is 0 Å². The Morgan fingerprint density at radius 3 is 2.46 bits per heavy atom. The number of ether oxygens (including phenoxy) is 2. The number of urea groups is 1. The molecule has 0 aliphatic rings. The molecule has 2 aromatic carbocycles. The van der Waals surface area contributed by atoms with Crippen molar-refractivity contribution < 1.29 is 23.0 Å². The van der Waals surface area contributed by atoms with Crippen LogP contribution in [0.3, 0.4) is 0 Å². The van der Waals surface area contributed by atoms with Gasteiger partial charge in [0.1, 0.15) is 11.5 Å². The maximum atomic E-state index is 12.2. The van der Waals surface area contributed by atoms with Crippen molar-refractivity contribution in [3.8, 4) is 11.5 Å². The Balaban J connectivity index is 2.07. The number of carbonyl (C=O) groups excluding carboxylic acids is 1. The van der Waals surface area contributed by atoms with E-state index in [-0.39, 0.29) is 10.8 Å². The largest absolute Gasteiger partial charge is 0.495 e. The van der Waals surface area contributed by atoms with Gasteiger partial charge in [0.05, 0.1) is 17.8 Å². The molecule has 0 atom stereocenters. The number of anilines is 2. The third-order valence-electron chi connectivity index (χ3n) is 3.01. The highest BCUT2D eigenvalue weighted by Crippen LogP contribution is 2.29. The van der Waals surface area contributed by atoms with Gasteiger partial charge in [-0.2, -0.15) is 8.78 Å². The van der Waals surface area contributed by atoms with Gasteiger partial charge in [-0.05, 0) is 42.8 Å². The summed E-state index contributed by atoms with van der Waals surface area (Å²) in [6.07, 6.45) is 0. The summed E-state index contributed by atoms with van der Waals surface area (Å²) in [6, 6.07) is 8.77. The van der Waals surface area contributed by atoms with E-state index in [1.165, 1.54) is 25.3 Å². The zero-order chi connectivity index (χ0) is 17.7. The summed E-state index contributed by atoms with van der Waals surface area (Å²) < 4.78 is 33.8. The number of hydrogen-bond donors (Lipinski definition) is 2. The standard InChI is InChI=1S/C16H15ClF2N2O3/c1-9-3-5-14(23-2)12(7-9)21-16(22)20-10-4-6-13(11(17)8-10)24-15(18)19/h3-8,15H,1-2H3,(H2,20,21,22). The summed E-state index contributed by atoms with van der Waals surface area (Å²) >= 11 is 5.84. The van der Waals surface area contributed by atoms with Gasteiger partial charge in [-0.15, -0.1) is 0 Å². The highest BCUT2D eigenvalue weighted by Gasteiger charge is 2.11. The molecule has 0 saturated carbocycles. The molecule has 2 N–H and O–H groups in total. The molecule has 0 aliphatic heterocycles. The van der Waals surface area contributed by atoms with Crippen LogP contribution in [0.4, 0.5) is 25.0 Å². The smallest absolute Gasteiger partial charge is 0.387 e. The maximum absolute atomic E-state index is 12.2. The number of benzene rings is 2. The summed E-state index contributed by atoms with van der Waals surface area (Å²) in [5.41, 5.74) is 1.77. The molecule has 0 aromatic heterocycles. The van der Waals surface area contributed by atoms with E-state index in [9.17, 15) is 13.6 Å². The Bertz CT molecular complexity index is 741. The Morgan fingerprint density at radius 2 is 1.83 bits per heavy atom. The summed E-state index contributed by atoms with van der Waals surface area (Å²) in [7, 11) is 1.50. The van der Waals surface area contributed by atoms with E-state index >= 15 is 0 Å². The van der Waals surface area contributed by atoms with Gasteiger partial charge >= 0.3 is 12.6 Å². The van der Waals surface area contributed by atoms with Crippen LogP contribution in [0.2, 0.25) is 5.02 Å². The molecule has 0 heterocycles. The molecule has 0 aliphatic carbocycles. The first-order chi connectivity index (χ1) is 11.4. The Morgan fingerprint density at radius 1 is 1.12 bits per heavy atom. The second-order valence-electron chi connectivity index (χ2n) is 4.81. The summed E-state index contributed by atoms with van der Waals surface area (Å²) in [5.74, 6) is 0.340. The molecular formula is C16H15ClF2N2O3. The van der Waals surface area contributed by atoms with Crippen molar-refractivity contribution in [1.29, 1.82) is 0 Å². The third kappa shape index (κ3) is 4.73. The molecule has 0 spiro atoms. The van der Waals surface area contributed by atoms with Crippen molar-refractivity contribution in [2.45, 2.75) is 13.5 Å². The van der Waals surface area contributed by atoms with Crippen LogP contribution in [-0.2, 0) is 0 Å². The minimum absolute atomic E-state index is 0.0405. The van der Waals surface area contributed by atoms with Crippen molar-refractivity contribution in [3.05, 3.63) is 47.0 Å². The second kappa shape index (κ2) is 7.83. The number of halogens is 3. The lowest BCUT2D eigenvalue weighted by Crippen LogP contribution is -2.20. The van der Waals surface area contributed by atoms with Gasteiger partial charge in [-0.1, -0.05) is 17.7 Å². The van der Waals surface area contributed by atoms with Crippen LogP contribution in [0.25, 0.3) is 0 Å². The predicted molar refractivity (Wildman–Crippen MR) is 88.5 cm³/mol. The first-order valence-electron chi connectivity index (χ1n) is 6.86. The highest BCUT2D eigenvalue weighted by atomic mass is 35.5. The van der Waals surface area contributed by atoms with E-state index in [4.69, 9.17) is 16.3 Å². The van der Waals surface area contributed by atoms with Crippen molar-refractivity contribution in [2.75, 3.05) is 17.7 Å². The minimum atomic E-state index is -2.97. The van der Waals surface area contributed by atoms with Gasteiger partial charge in [0.15, 0.2) is 0 Å². The van der Waals surface area contributed by atoms with Gasteiger partial charge < -0.3 is 20.1 Å². The lowest BCUT2D eigenvalue weighted by Gasteiger charge is -2.13. The van der Waals surface area contributed by atoms with Gasteiger partial charge in [0, 0.05) is 5.69 Å². The summed E-state index contributed by atoms with van der Waals surface area (Å²) in [4.78, 5) is 12.1. The molecule has 2 amide bonds. The van der Waals surface area contributed by atoms with Crippen molar-refractivity contribution in [1.82, 2.24) is 0 Å². The van der Waals surface area contributed by atoms with E-state index in [0.29, 0.717) is 17.1 Å². The molecule has 0 bridgehead atoms. The summed E-state index contributed by atoms with van der Waals surface area (Å²) in [6.45, 7) is -1.09. The number of alkyl halides is 2. The molecule has 8 heteroatoms. The Kier molecular flexibility index (Phi) is 5.81. The van der Waals surface area contributed by atoms with Crippen LogP contribution in [-0.4, -0.2) is 19.8 Å². The molecule has 5 nitrogen and oxygen atoms in total. The number of hydrogen-bond acceptors (Lipinski definition) is 3. The van der Waals surface area contributed by atoms with Crippen LogP contribution < -0.4 is 20.1 Å². The number of methoxy groups -OCH3 is 1. The maximum Gasteiger partial charge on any atom is 0.387 e. The molecule has 24 heavy (non-hydrogen) atoms. The zero-order valence-electron chi connectivity index (χ0n) is 12.9. The van der Waals surface area contributed by atoms with Crippen molar-refractivity contribution >= 4 is 29.0 Å². The van der Waals surface area contributed by atoms with E-state index in [0.717, 1.165) is 5.56 Å². The van der Waals surface area contributed by atoms with Crippen LogP contribution in [0.15, 0.2) is 36.4 Å². The van der Waals surface area contributed by atoms with E-state index < -0.39 is 12.6 Å². The molecule has 0 fully saturated rings. The first kappa shape index (κ1) is 17.8. The minimum Gasteiger partial charge on any atom is -0.495 e. The Labute approximate surface area is 142 Å². The number of aryl methyl sites for hydroxylation is 1. The number of carbonyl (C=O) groups is 1. The van der Waals surface area contributed by atoms with Crippen LogP contribution in [0.5, 0.6) is 11.5 Å². The predicted octanol–water partition coefficient (Wildman–Crippen LogP) is 4.90. The lowest BCUT2D eigenvalue weighted by molar-refractivity contribution is -0.0497. The number of amides is 2. The van der Waals surface area contributed by atoms with Crippen LogP contribution in [0.1, 0.15) is 5.56 Å². The molecule has 0 unspecified atom stereocenters. The molecule has 128 valence electrons. The normalized spacial score (nSPS) is 10.4. The number of rotatable bonds is 5. The average Bonchev–Trinajstić information content (AvgIpc) is 2.50. The lowest BCUT2D eigenvalue weighted by atomic mass is 10.2. The fraction of sp³-hybridized carbons (Fsp3) is 0.188. The SMILES string of the molecule is COc1ccc(C)cc1NC(=O)Nc1ccc(OC(F)F)c(Cl)c1. The Hall–Kier alpha value is -2.54. The fourth-order valence-electron chi connectivity index (χ4n) is 1.97. The highest BCUT2D eigenvalue weighted by molar-refractivity contribution is 6.32. The van der Waals surface area contributed by atoms with Crippen LogP contribution in [0, 0.1) is 6.92 Å². The van der Waals surface area contributed by atoms with Crippen LogP contribution >= 0.6 is 11.6 Å². The quantitative estimate of drug-likeness (QED) is 0.800. The van der Waals surface area contributed by atoms with Gasteiger partial charge in [0.25, 0.3) is 0 Å². The molecule has 0 radical (unpaired) electrons. The van der Waals surface area contributed by atoms with Crippen molar-refractivity contribution in [2.24, 2.45) is 0 Å². The van der Waals surface area contributed by atoms with E-state index in [1.807, 2.05) is 13.0 Å². The monoisotopic (exact) mass is 356 g/mol. The first-order valence-corrected chi connectivity index (χ1v) is 7.24. The summed E-state index contributed by atoms with van der Waals surface area (Å²) in [5, 5.41) is 5.16. The van der Waals surface area contributed by atoms with Gasteiger partial charge in [-0.3, -0.25) is 0 Å². The molecule has 2 rings (SSSR count). The number of nitrogens with one attached hydrogen (secondary N) is 2. The van der Waals surface area contributed by atoms with Crippen molar-refractivity contribution in [3.63, 3.8) is 0 Å². The zero-order valence-corrected chi connectivity index (χ0v) is 13.7. The van der Waals surface area contributed by atoms with E-state index in [2.05, 4.69) is 15.4 Å². The topological polar surface area (TPSA) is 59.6 Å². The third-order valence-corrected chi connectivity index (χ3v) is 3.30. The molecule has 0 saturated heterocycles. The van der Waals surface area contributed by atoms with Gasteiger partial charge in [-0.25, -0.2) is 4.79 Å².